The summed E-state index contributed by atoms with van der Waals surface area (Å²) in [5, 5.41) is 13.9. The van der Waals surface area contributed by atoms with Crippen molar-refractivity contribution in [2.75, 3.05) is 0 Å². The highest BCUT2D eigenvalue weighted by Gasteiger charge is 2.23. The van der Waals surface area contributed by atoms with Crippen molar-refractivity contribution in [2.24, 2.45) is 0 Å². The van der Waals surface area contributed by atoms with Crippen LogP contribution in [0.1, 0.15) is 43.8 Å². The lowest BCUT2D eigenvalue weighted by atomic mass is 9.89. The summed E-state index contributed by atoms with van der Waals surface area (Å²) in [6.45, 7) is 0. The van der Waals surface area contributed by atoms with Crippen LogP contribution in [0.3, 0.4) is 0 Å². The maximum atomic E-state index is 13.3. The van der Waals surface area contributed by atoms with Crippen LogP contribution in [0.2, 0.25) is 0 Å². The predicted octanol–water partition coefficient (Wildman–Crippen LogP) is 4.04. The molecular formula is C15H15FN4S. The molecule has 0 spiro atoms. The smallest absolute Gasteiger partial charge is 0.207 e. The molecule has 0 radical (unpaired) electrons. The third-order valence-corrected chi connectivity index (χ3v) is 5.00. The van der Waals surface area contributed by atoms with Gasteiger partial charge in [0, 0.05) is 11.5 Å². The second-order valence-electron chi connectivity index (χ2n) is 5.51. The summed E-state index contributed by atoms with van der Waals surface area (Å²) in [5.74, 6) is 1.17. The Bertz CT molecular complexity index is 773. The van der Waals surface area contributed by atoms with Gasteiger partial charge >= 0.3 is 0 Å². The van der Waals surface area contributed by atoms with Crippen molar-refractivity contribution in [1.29, 1.82) is 0 Å². The molecule has 2 heterocycles. The van der Waals surface area contributed by atoms with Crippen LogP contribution in [0.15, 0.2) is 24.3 Å². The Morgan fingerprint density at radius 3 is 2.81 bits per heavy atom. The van der Waals surface area contributed by atoms with Crippen LogP contribution < -0.4 is 0 Å². The monoisotopic (exact) mass is 302 g/mol. The number of benzene rings is 1. The van der Waals surface area contributed by atoms with Gasteiger partial charge in [-0.3, -0.25) is 0 Å². The van der Waals surface area contributed by atoms with E-state index in [9.17, 15) is 4.39 Å². The van der Waals surface area contributed by atoms with Gasteiger partial charge in [-0.15, -0.1) is 10.2 Å². The van der Waals surface area contributed by atoms with Gasteiger partial charge in [-0.2, -0.15) is 9.61 Å². The molecule has 6 heteroatoms. The first-order chi connectivity index (χ1) is 10.3. The third-order valence-electron chi connectivity index (χ3n) is 4.06. The van der Waals surface area contributed by atoms with E-state index >= 15 is 0 Å². The van der Waals surface area contributed by atoms with Crippen LogP contribution >= 0.6 is 11.3 Å². The van der Waals surface area contributed by atoms with E-state index in [-0.39, 0.29) is 5.82 Å². The summed E-state index contributed by atoms with van der Waals surface area (Å²) in [4.78, 5) is 0.787. The van der Waals surface area contributed by atoms with E-state index in [0.29, 0.717) is 5.92 Å². The lowest BCUT2D eigenvalue weighted by Crippen LogP contribution is -2.09. The van der Waals surface area contributed by atoms with Gasteiger partial charge in [-0.05, 0) is 25.0 Å². The lowest BCUT2D eigenvalue weighted by Gasteiger charge is -2.18. The zero-order chi connectivity index (χ0) is 14.2. The molecular weight excluding hydrogens is 287 g/mol. The first-order valence-electron chi connectivity index (χ1n) is 7.29. The van der Waals surface area contributed by atoms with Crippen LogP contribution in [-0.4, -0.2) is 19.8 Å². The van der Waals surface area contributed by atoms with Crippen molar-refractivity contribution in [3.05, 3.63) is 35.9 Å². The van der Waals surface area contributed by atoms with Gasteiger partial charge in [0.15, 0.2) is 5.82 Å². The zero-order valence-corrected chi connectivity index (χ0v) is 12.3. The SMILES string of the molecule is Fc1cccc(-c2nn3c(C4CCCCC4)nnc3s2)c1. The quantitative estimate of drug-likeness (QED) is 0.717. The van der Waals surface area contributed by atoms with Crippen LogP contribution in [0.25, 0.3) is 15.5 Å². The molecule has 0 unspecified atom stereocenters. The summed E-state index contributed by atoms with van der Waals surface area (Å²) in [6, 6.07) is 6.52. The van der Waals surface area contributed by atoms with Crippen molar-refractivity contribution in [3.8, 4) is 10.6 Å². The molecule has 1 saturated carbocycles. The third kappa shape index (κ3) is 2.33. The van der Waals surface area contributed by atoms with Crippen molar-refractivity contribution < 1.29 is 4.39 Å². The largest absolute Gasteiger partial charge is 0.234 e. The van der Waals surface area contributed by atoms with Crippen molar-refractivity contribution in [1.82, 2.24) is 19.8 Å². The molecule has 108 valence electrons. The van der Waals surface area contributed by atoms with Crippen molar-refractivity contribution in [2.45, 2.75) is 38.0 Å². The Labute approximate surface area is 125 Å². The Kier molecular flexibility index (Phi) is 3.18. The fourth-order valence-electron chi connectivity index (χ4n) is 2.99. The maximum Gasteiger partial charge on any atom is 0.234 e. The fourth-order valence-corrected chi connectivity index (χ4v) is 3.83. The number of aromatic nitrogens is 4. The molecule has 0 aliphatic heterocycles. The fraction of sp³-hybridized carbons (Fsp3) is 0.400. The highest BCUT2D eigenvalue weighted by atomic mass is 32.1. The Balaban J connectivity index is 1.75. The Hall–Kier alpha value is -1.82. The zero-order valence-electron chi connectivity index (χ0n) is 11.5. The van der Waals surface area contributed by atoms with E-state index in [1.165, 1.54) is 42.7 Å². The minimum absolute atomic E-state index is 0.244. The molecule has 3 aromatic rings. The summed E-state index contributed by atoms with van der Waals surface area (Å²) in [7, 11) is 0. The Morgan fingerprint density at radius 2 is 2.00 bits per heavy atom. The number of fused-ring (bicyclic) bond motifs is 1. The highest BCUT2D eigenvalue weighted by molar-refractivity contribution is 7.19. The van der Waals surface area contributed by atoms with Gasteiger partial charge in [-0.25, -0.2) is 4.39 Å². The molecule has 4 nitrogen and oxygen atoms in total. The van der Waals surface area contributed by atoms with Crippen molar-refractivity contribution in [3.63, 3.8) is 0 Å². The van der Waals surface area contributed by atoms with Crippen LogP contribution in [-0.2, 0) is 0 Å². The van der Waals surface area contributed by atoms with Gasteiger partial charge in [0.2, 0.25) is 4.96 Å². The van der Waals surface area contributed by atoms with E-state index in [0.717, 1.165) is 34.2 Å². The molecule has 0 atom stereocenters. The van der Waals surface area contributed by atoms with Crippen molar-refractivity contribution >= 4 is 16.3 Å². The molecule has 1 aromatic carbocycles. The molecule has 1 fully saturated rings. The molecule has 0 amide bonds. The first-order valence-corrected chi connectivity index (χ1v) is 8.11. The van der Waals surface area contributed by atoms with Crippen LogP contribution in [0.4, 0.5) is 4.39 Å². The van der Waals surface area contributed by atoms with E-state index < -0.39 is 0 Å². The number of hydrogen-bond acceptors (Lipinski definition) is 4. The second kappa shape index (κ2) is 5.18. The minimum Gasteiger partial charge on any atom is -0.207 e. The molecule has 0 N–H and O–H groups in total. The lowest BCUT2D eigenvalue weighted by molar-refractivity contribution is 0.423. The van der Waals surface area contributed by atoms with Gasteiger partial charge in [-0.1, -0.05) is 42.7 Å². The van der Waals surface area contributed by atoms with Gasteiger partial charge in [0.1, 0.15) is 10.8 Å². The summed E-state index contributed by atoms with van der Waals surface area (Å²) < 4.78 is 15.2. The number of halogens is 1. The van der Waals surface area contributed by atoms with E-state index in [1.54, 1.807) is 6.07 Å². The molecule has 0 bridgehead atoms. The second-order valence-corrected chi connectivity index (χ2v) is 6.46. The number of rotatable bonds is 2. The molecule has 21 heavy (non-hydrogen) atoms. The van der Waals surface area contributed by atoms with E-state index in [4.69, 9.17) is 0 Å². The van der Waals surface area contributed by atoms with Crippen LogP contribution in [0, 0.1) is 5.82 Å². The number of hydrogen-bond donors (Lipinski definition) is 0. The molecule has 0 saturated heterocycles. The normalized spacial score (nSPS) is 16.6. The highest BCUT2D eigenvalue weighted by Crippen LogP contribution is 2.33. The molecule has 2 aromatic heterocycles. The van der Waals surface area contributed by atoms with Gasteiger partial charge in [0.25, 0.3) is 0 Å². The summed E-state index contributed by atoms with van der Waals surface area (Å²) >= 11 is 1.46. The number of nitrogens with zero attached hydrogens (tertiary/aromatic N) is 4. The Morgan fingerprint density at radius 1 is 1.14 bits per heavy atom. The topological polar surface area (TPSA) is 43.1 Å². The summed E-state index contributed by atoms with van der Waals surface area (Å²) in [6.07, 6.45) is 6.13. The average molecular weight is 302 g/mol. The first kappa shape index (κ1) is 12.9. The minimum atomic E-state index is -0.244. The van der Waals surface area contributed by atoms with Gasteiger partial charge < -0.3 is 0 Å². The van der Waals surface area contributed by atoms with Gasteiger partial charge in [0.05, 0.1) is 0 Å². The average Bonchev–Trinajstić information content (AvgIpc) is 3.08. The molecule has 4 rings (SSSR count). The van der Waals surface area contributed by atoms with E-state index in [1.807, 2.05) is 10.6 Å². The van der Waals surface area contributed by atoms with Crippen LogP contribution in [0.5, 0.6) is 0 Å². The summed E-state index contributed by atoms with van der Waals surface area (Å²) in [5.41, 5.74) is 0.792. The molecule has 1 aliphatic carbocycles. The predicted molar refractivity (Wildman–Crippen MR) is 79.9 cm³/mol. The van der Waals surface area contributed by atoms with E-state index in [2.05, 4.69) is 15.3 Å². The standard InChI is InChI=1S/C15H15FN4S/c16-12-8-4-7-11(9-12)14-19-20-13(17-18-15(20)21-14)10-5-2-1-3-6-10/h4,7-10H,1-3,5-6H2. The molecule has 1 aliphatic rings. The maximum absolute atomic E-state index is 13.3.